The van der Waals surface area contributed by atoms with Gasteiger partial charge in [0.1, 0.15) is 0 Å². The molecule has 0 spiro atoms. The standard InChI is InChI=1S/C14H27N3O2S/c1-13(2,3)12-8-9-15-16(12)10-11-17(14(4,5)6)20(7,18)19/h8-9H,10-11H2,1-7H3. The lowest BCUT2D eigenvalue weighted by Gasteiger charge is -2.33. The molecule has 0 N–H and O–H groups in total. The van der Waals surface area contributed by atoms with Gasteiger partial charge in [0.2, 0.25) is 10.0 Å². The van der Waals surface area contributed by atoms with Crippen LogP contribution in [0.4, 0.5) is 0 Å². The fourth-order valence-corrected chi connectivity index (χ4v) is 3.74. The topological polar surface area (TPSA) is 55.2 Å². The summed E-state index contributed by atoms with van der Waals surface area (Å²) in [6.07, 6.45) is 3.02. The van der Waals surface area contributed by atoms with Crippen molar-refractivity contribution >= 4 is 10.0 Å². The van der Waals surface area contributed by atoms with E-state index in [0.29, 0.717) is 13.1 Å². The highest BCUT2D eigenvalue weighted by molar-refractivity contribution is 7.88. The summed E-state index contributed by atoms with van der Waals surface area (Å²) in [5, 5.41) is 4.31. The summed E-state index contributed by atoms with van der Waals surface area (Å²) in [5.74, 6) is 0. The Kier molecular flexibility index (Phi) is 4.71. The second-order valence-corrected chi connectivity index (χ2v) is 9.10. The molecule has 0 aliphatic heterocycles. The third-order valence-corrected chi connectivity index (χ3v) is 4.68. The van der Waals surface area contributed by atoms with Gasteiger partial charge in [0.25, 0.3) is 0 Å². The minimum atomic E-state index is -3.23. The minimum absolute atomic E-state index is 0.00580. The molecule has 0 amide bonds. The van der Waals surface area contributed by atoms with E-state index in [1.807, 2.05) is 31.5 Å². The van der Waals surface area contributed by atoms with Crippen LogP contribution in [0.5, 0.6) is 0 Å². The van der Waals surface area contributed by atoms with E-state index >= 15 is 0 Å². The van der Waals surface area contributed by atoms with Crippen LogP contribution in [-0.2, 0) is 22.0 Å². The molecule has 0 bridgehead atoms. The third kappa shape index (κ3) is 4.31. The molecule has 1 aromatic rings. The molecule has 0 fully saturated rings. The summed E-state index contributed by atoms with van der Waals surface area (Å²) in [6, 6.07) is 1.99. The van der Waals surface area contributed by atoms with Gasteiger partial charge in [-0.15, -0.1) is 0 Å². The van der Waals surface area contributed by atoms with Crippen LogP contribution in [-0.4, -0.2) is 40.8 Å². The van der Waals surface area contributed by atoms with Crippen LogP contribution in [0.25, 0.3) is 0 Å². The van der Waals surface area contributed by atoms with Crippen LogP contribution in [0.2, 0.25) is 0 Å². The quantitative estimate of drug-likeness (QED) is 0.857. The molecule has 0 unspecified atom stereocenters. The molecule has 0 aliphatic carbocycles. The van der Waals surface area contributed by atoms with Crippen LogP contribution in [0.3, 0.4) is 0 Å². The summed E-state index contributed by atoms with van der Waals surface area (Å²) in [7, 11) is -3.23. The fourth-order valence-electron chi connectivity index (χ4n) is 2.33. The lowest BCUT2D eigenvalue weighted by Crippen LogP contribution is -2.46. The predicted octanol–water partition coefficient (Wildman–Crippen LogP) is 2.24. The fraction of sp³-hybridized carbons (Fsp3) is 0.786. The Balaban J connectivity index is 2.93. The summed E-state index contributed by atoms with van der Waals surface area (Å²) < 4.78 is 27.2. The lowest BCUT2D eigenvalue weighted by molar-refractivity contribution is 0.238. The van der Waals surface area contributed by atoms with Gasteiger partial charge in [-0.05, 0) is 26.8 Å². The smallest absolute Gasteiger partial charge is 0.211 e. The number of rotatable bonds is 4. The molecule has 0 saturated carbocycles. The number of hydrogen-bond acceptors (Lipinski definition) is 3. The van der Waals surface area contributed by atoms with Gasteiger partial charge in [0.15, 0.2) is 0 Å². The Hall–Kier alpha value is -0.880. The molecule has 116 valence electrons. The minimum Gasteiger partial charge on any atom is -0.268 e. The summed E-state index contributed by atoms with van der Waals surface area (Å²) >= 11 is 0. The Morgan fingerprint density at radius 3 is 2.15 bits per heavy atom. The second kappa shape index (κ2) is 5.48. The van der Waals surface area contributed by atoms with Crippen molar-refractivity contribution < 1.29 is 8.42 Å². The Morgan fingerprint density at radius 2 is 1.75 bits per heavy atom. The molecule has 5 nitrogen and oxygen atoms in total. The molecule has 0 saturated heterocycles. The zero-order valence-corrected chi connectivity index (χ0v) is 14.5. The number of sulfonamides is 1. The Bertz CT molecular complexity index is 548. The predicted molar refractivity (Wildman–Crippen MR) is 82.2 cm³/mol. The molecule has 1 heterocycles. The van der Waals surface area contributed by atoms with Crippen molar-refractivity contribution in [2.75, 3.05) is 12.8 Å². The monoisotopic (exact) mass is 301 g/mol. The third-order valence-electron chi connectivity index (χ3n) is 3.15. The van der Waals surface area contributed by atoms with Crippen molar-refractivity contribution in [3.05, 3.63) is 18.0 Å². The molecule has 0 aromatic carbocycles. The van der Waals surface area contributed by atoms with Crippen LogP contribution in [0.15, 0.2) is 12.3 Å². The average molecular weight is 301 g/mol. The van der Waals surface area contributed by atoms with Crippen molar-refractivity contribution in [1.29, 1.82) is 0 Å². The maximum absolute atomic E-state index is 11.9. The van der Waals surface area contributed by atoms with E-state index in [4.69, 9.17) is 0 Å². The van der Waals surface area contributed by atoms with Gasteiger partial charge in [-0.2, -0.15) is 9.40 Å². The number of aromatic nitrogens is 2. The summed E-state index contributed by atoms with van der Waals surface area (Å²) in [5.41, 5.74) is 0.677. The van der Waals surface area contributed by atoms with Crippen LogP contribution in [0.1, 0.15) is 47.2 Å². The molecule has 0 radical (unpaired) electrons. The normalized spacial score (nSPS) is 14.0. The van der Waals surface area contributed by atoms with Gasteiger partial charge in [-0.25, -0.2) is 8.42 Å². The van der Waals surface area contributed by atoms with Gasteiger partial charge in [-0.1, -0.05) is 20.8 Å². The maximum Gasteiger partial charge on any atom is 0.211 e. The van der Waals surface area contributed by atoms with E-state index in [9.17, 15) is 8.42 Å². The zero-order chi connectivity index (χ0) is 15.8. The molecular weight excluding hydrogens is 274 g/mol. The largest absolute Gasteiger partial charge is 0.268 e. The Labute approximate surface area is 123 Å². The van der Waals surface area contributed by atoms with Gasteiger partial charge in [0, 0.05) is 29.4 Å². The lowest BCUT2D eigenvalue weighted by atomic mass is 9.92. The first-order valence-electron chi connectivity index (χ1n) is 6.83. The highest BCUT2D eigenvalue weighted by Crippen LogP contribution is 2.22. The number of hydrogen-bond donors (Lipinski definition) is 0. The van der Waals surface area contributed by atoms with Gasteiger partial charge < -0.3 is 0 Å². The maximum atomic E-state index is 11.9. The average Bonchev–Trinajstić information content (AvgIpc) is 2.60. The van der Waals surface area contributed by atoms with E-state index in [2.05, 4.69) is 25.9 Å². The van der Waals surface area contributed by atoms with Crippen molar-refractivity contribution in [3.63, 3.8) is 0 Å². The molecular formula is C14H27N3O2S. The van der Waals surface area contributed by atoms with E-state index in [1.54, 1.807) is 6.20 Å². The first-order chi connectivity index (χ1) is 8.83. The molecule has 6 heteroatoms. The van der Waals surface area contributed by atoms with Crippen molar-refractivity contribution in [1.82, 2.24) is 14.1 Å². The summed E-state index contributed by atoms with van der Waals surface area (Å²) in [6.45, 7) is 13.1. The molecule has 0 aliphatic rings. The molecule has 0 atom stereocenters. The van der Waals surface area contributed by atoms with Gasteiger partial charge >= 0.3 is 0 Å². The zero-order valence-electron chi connectivity index (χ0n) is 13.6. The van der Waals surface area contributed by atoms with E-state index in [-0.39, 0.29) is 5.41 Å². The molecule has 1 rings (SSSR count). The molecule has 1 aromatic heterocycles. The SMILES string of the molecule is CC(C)(C)c1ccnn1CCN(C(C)(C)C)S(C)(=O)=O. The van der Waals surface area contributed by atoms with Crippen molar-refractivity contribution in [2.24, 2.45) is 0 Å². The van der Waals surface area contributed by atoms with Gasteiger partial charge in [0.05, 0.1) is 12.8 Å². The number of nitrogens with zero attached hydrogens (tertiary/aromatic N) is 3. The summed E-state index contributed by atoms with van der Waals surface area (Å²) in [4.78, 5) is 0. The van der Waals surface area contributed by atoms with Crippen LogP contribution >= 0.6 is 0 Å². The van der Waals surface area contributed by atoms with E-state index in [1.165, 1.54) is 10.6 Å². The first kappa shape index (κ1) is 17.2. The highest BCUT2D eigenvalue weighted by Gasteiger charge is 2.29. The Morgan fingerprint density at radius 1 is 1.20 bits per heavy atom. The highest BCUT2D eigenvalue weighted by atomic mass is 32.2. The van der Waals surface area contributed by atoms with Crippen molar-refractivity contribution in [3.8, 4) is 0 Å². The van der Waals surface area contributed by atoms with Crippen LogP contribution in [0, 0.1) is 0 Å². The van der Waals surface area contributed by atoms with Crippen LogP contribution < -0.4 is 0 Å². The van der Waals surface area contributed by atoms with Crippen molar-refractivity contribution in [2.45, 2.75) is 59.0 Å². The van der Waals surface area contributed by atoms with E-state index < -0.39 is 15.6 Å². The van der Waals surface area contributed by atoms with E-state index in [0.717, 1.165) is 5.69 Å². The van der Waals surface area contributed by atoms with Gasteiger partial charge in [-0.3, -0.25) is 4.68 Å². The molecule has 20 heavy (non-hydrogen) atoms. The second-order valence-electron chi connectivity index (χ2n) is 7.20. The first-order valence-corrected chi connectivity index (χ1v) is 8.68.